The minimum absolute atomic E-state index is 0.477. The van der Waals surface area contributed by atoms with Crippen molar-refractivity contribution in [2.75, 3.05) is 26.8 Å². The van der Waals surface area contributed by atoms with E-state index in [4.69, 9.17) is 9.15 Å². The molecule has 0 saturated carbocycles. The lowest BCUT2D eigenvalue weighted by Crippen LogP contribution is -2.36. The van der Waals surface area contributed by atoms with Crippen LogP contribution >= 0.6 is 0 Å². The molecule has 1 saturated heterocycles. The first-order valence-electron chi connectivity index (χ1n) is 7.64. The average Bonchev–Trinajstić information content (AvgIpc) is 2.91. The van der Waals surface area contributed by atoms with Crippen molar-refractivity contribution in [1.82, 2.24) is 4.90 Å². The number of nitrogens with zero attached hydrogens (tertiary/aromatic N) is 1. The van der Waals surface area contributed by atoms with Crippen LogP contribution in [-0.2, 0) is 9.53 Å². The van der Waals surface area contributed by atoms with Gasteiger partial charge in [-0.05, 0) is 37.9 Å². The Morgan fingerprint density at radius 2 is 2.09 bits per heavy atom. The molecule has 0 bridgehead atoms. The molecule has 0 aliphatic carbocycles. The number of ether oxygens (including phenoxy) is 1. The highest BCUT2D eigenvalue weighted by molar-refractivity contribution is 5.81. The normalized spacial score (nSPS) is 17.9. The molecule has 5 nitrogen and oxygen atoms in total. The van der Waals surface area contributed by atoms with Gasteiger partial charge in [-0.3, -0.25) is 9.69 Å². The number of para-hydroxylation sites is 1. The predicted octanol–water partition coefficient (Wildman–Crippen LogP) is 2.92. The van der Waals surface area contributed by atoms with Crippen LogP contribution in [0.3, 0.4) is 0 Å². The van der Waals surface area contributed by atoms with E-state index in [1.165, 1.54) is 0 Å². The molecule has 0 spiro atoms. The largest absolute Gasteiger partial charge is 0.480 e. The molecule has 1 aliphatic rings. The molecule has 22 heavy (non-hydrogen) atoms. The van der Waals surface area contributed by atoms with E-state index in [-0.39, 0.29) is 0 Å². The van der Waals surface area contributed by atoms with Gasteiger partial charge in [0.25, 0.3) is 0 Å². The molecule has 1 aliphatic heterocycles. The van der Waals surface area contributed by atoms with Crippen molar-refractivity contribution in [3.63, 3.8) is 0 Å². The molecule has 2 heterocycles. The Morgan fingerprint density at radius 3 is 2.77 bits per heavy atom. The molecule has 5 heteroatoms. The molecule has 1 atom stereocenters. The first-order valence-corrected chi connectivity index (χ1v) is 7.64. The SMILES string of the molecule is CN(CC1CCOCC1)[C@@H](C(=O)O)c1cc2ccccc2o1. The molecule has 1 fully saturated rings. The molecule has 0 radical (unpaired) electrons. The number of rotatable bonds is 5. The third kappa shape index (κ3) is 3.15. The zero-order valence-electron chi connectivity index (χ0n) is 12.7. The standard InChI is InChI=1S/C17H21NO4/c1-18(11-12-6-8-21-9-7-12)16(17(19)20)15-10-13-4-2-3-5-14(13)22-15/h2-5,10,12,16H,6-9,11H2,1H3,(H,19,20)/t16-/m1/s1. The lowest BCUT2D eigenvalue weighted by atomic mass is 9.99. The zero-order chi connectivity index (χ0) is 15.5. The summed E-state index contributed by atoms with van der Waals surface area (Å²) in [6.07, 6.45) is 1.97. The van der Waals surface area contributed by atoms with Gasteiger partial charge >= 0.3 is 5.97 Å². The minimum Gasteiger partial charge on any atom is -0.480 e. The Kier molecular flexibility index (Phi) is 4.45. The van der Waals surface area contributed by atoms with E-state index < -0.39 is 12.0 Å². The maximum Gasteiger partial charge on any atom is 0.328 e. The zero-order valence-corrected chi connectivity index (χ0v) is 12.7. The number of aliphatic carboxylic acids is 1. The second-order valence-electron chi connectivity index (χ2n) is 5.92. The topological polar surface area (TPSA) is 62.9 Å². The molecule has 2 aromatic rings. The van der Waals surface area contributed by atoms with Crippen LogP contribution in [0, 0.1) is 5.92 Å². The van der Waals surface area contributed by atoms with Crippen LogP contribution in [0.5, 0.6) is 0 Å². The first kappa shape index (κ1) is 15.1. The minimum atomic E-state index is -0.881. The summed E-state index contributed by atoms with van der Waals surface area (Å²) < 4.78 is 11.1. The summed E-state index contributed by atoms with van der Waals surface area (Å²) in [5, 5.41) is 10.6. The van der Waals surface area contributed by atoms with Crippen molar-refractivity contribution < 1.29 is 19.1 Å². The van der Waals surface area contributed by atoms with Crippen molar-refractivity contribution in [2.45, 2.75) is 18.9 Å². The molecule has 0 unspecified atom stereocenters. The van der Waals surface area contributed by atoms with Crippen molar-refractivity contribution in [3.05, 3.63) is 36.1 Å². The second-order valence-corrected chi connectivity index (χ2v) is 5.92. The summed E-state index contributed by atoms with van der Waals surface area (Å²) in [4.78, 5) is 13.6. The van der Waals surface area contributed by atoms with Crippen molar-refractivity contribution >= 4 is 16.9 Å². The molecule has 1 N–H and O–H groups in total. The molecule has 118 valence electrons. The number of hydrogen-bond donors (Lipinski definition) is 1. The number of carbonyl (C=O) groups is 1. The highest BCUT2D eigenvalue weighted by Gasteiger charge is 2.30. The fourth-order valence-electron chi connectivity index (χ4n) is 3.11. The maximum atomic E-state index is 11.7. The van der Waals surface area contributed by atoms with Gasteiger partial charge in [0, 0.05) is 25.1 Å². The van der Waals surface area contributed by atoms with Crippen molar-refractivity contribution in [1.29, 1.82) is 0 Å². The monoisotopic (exact) mass is 303 g/mol. The number of benzene rings is 1. The van der Waals surface area contributed by atoms with Gasteiger partial charge in [-0.25, -0.2) is 0 Å². The van der Waals surface area contributed by atoms with Gasteiger partial charge in [-0.1, -0.05) is 18.2 Å². The van der Waals surface area contributed by atoms with E-state index in [9.17, 15) is 9.90 Å². The van der Waals surface area contributed by atoms with Crippen LogP contribution in [0.2, 0.25) is 0 Å². The van der Waals surface area contributed by atoms with Crippen LogP contribution in [0.1, 0.15) is 24.6 Å². The molecular weight excluding hydrogens is 282 g/mol. The van der Waals surface area contributed by atoms with E-state index in [0.717, 1.165) is 43.6 Å². The van der Waals surface area contributed by atoms with Crippen molar-refractivity contribution in [2.24, 2.45) is 5.92 Å². The Hall–Kier alpha value is -1.85. The van der Waals surface area contributed by atoms with Crippen LogP contribution in [-0.4, -0.2) is 42.8 Å². The van der Waals surface area contributed by atoms with Crippen LogP contribution in [0.4, 0.5) is 0 Å². The molecule has 0 amide bonds. The van der Waals surface area contributed by atoms with Gasteiger partial charge in [-0.15, -0.1) is 0 Å². The number of furan rings is 1. The van der Waals surface area contributed by atoms with E-state index in [0.29, 0.717) is 11.7 Å². The third-order valence-electron chi connectivity index (χ3n) is 4.28. The Bertz CT molecular complexity index is 612. The van der Waals surface area contributed by atoms with Crippen LogP contribution < -0.4 is 0 Å². The fourth-order valence-corrected chi connectivity index (χ4v) is 3.11. The molecular formula is C17H21NO4. The highest BCUT2D eigenvalue weighted by atomic mass is 16.5. The van der Waals surface area contributed by atoms with Gasteiger partial charge in [0.1, 0.15) is 11.3 Å². The average molecular weight is 303 g/mol. The van der Waals surface area contributed by atoms with Crippen LogP contribution in [0.25, 0.3) is 11.0 Å². The predicted molar refractivity (Wildman–Crippen MR) is 82.8 cm³/mol. The molecule has 3 rings (SSSR count). The van der Waals surface area contributed by atoms with Gasteiger partial charge in [0.15, 0.2) is 6.04 Å². The van der Waals surface area contributed by atoms with E-state index in [1.54, 1.807) is 0 Å². The lowest BCUT2D eigenvalue weighted by molar-refractivity contribution is -0.144. The number of likely N-dealkylation sites (N-methyl/N-ethyl adjacent to an activating group) is 1. The lowest BCUT2D eigenvalue weighted by Gasteiger charge is -2.29. The van der Waals surface area contributed by atoms with Gasteiger partial charge < -0.3 is 14.3 Å². The molecule has 1 aromatic carbocycles. The van der Waals surface area contributed by atoms with E-state index >= 15 is 0 Å². The summed E-state index contributed by atoms with van der Waals surface area (Å²) in [5.74, 6) is 0.0850. The Balaban J connectivity index is 1.80. The van der Waals surface area contributed by atoms with Gasteiger partial charge in [0.05, 0.1) is 0 Å². The van der Waals surface area contributed by atoms with Crippen LogP contribution in [0.15, 0.2) is 34.7 Å². The quantitative estimate of drug-likeness (QED) is 0.920. The van der Waals surface area contributed by atoms with Gasteiger partial charge in [0.2, 0.25) is 0 Å². The Morgan fingerprint density at radius 1 is 1.36 bits per heavy atom. The maximum absolute atomic E-state index is 11.7. The van der Waals surface area contributed by atoms with Crippen molar-refractivity contribution in [3.8, 4) is 0 Å². The second kappa shape index (κ2) is 6.50. The number of carboxylic acids is 1. The summed E-state index contributed by atoms with van der Waals surface area (Å²) in [6, 6.07) is 8.67. The van der Waals surface area contributed by atoms with E-state index in [1.807, 2.05) is 42.3 Å². The smallest absolute Gasteiger partial charge is 0.328 e. The number of carboxylic acid groups (broad SMARTS) is 1. The summed E-state index contributed by atoms with van der Waals surface area (Å²) in [7, 11) is 1.85. The summed E-state index contributed by atoms with van der Waals surface area (Å²) in [5.41, 5.74) is 0.725. The third-order valence-corrected chi connectivity index (χ3v) is 4.28. The number of fused-ring (bicyclic) bond motifs is 1. The number of hydrogen-bond acceptors (Lipinski definition) is 4. The first-order chi connectivity index (χ1) is 10.6. The van der Waals surface area contributed by atoms with E-state index in [2.05, 4.69) is 0 Å². The summed E-state index contributed by atoms with van der Waals surface area (Å²) >= 11 is 0. The summed E-state index contributed by atoms with van der Waals surface area (Å²) in [6.45, 7) is 2.26. The van der Waals surface area contributed by atoms with Gasteiger partial charge in [-0.2, -0.15) is 0 Å². The highest BCUT2D eigenvalue weighted by Crippen LogP contribution is 2.28. The molecule has 1 aromatic heterocycles. The Labute approximate surface area is 129 Å². The fraction of sp³-hybridized carbons (Fsp3) is 0.471.